The summed E-state index contributed by atoms with van der Waals surface area (Å²) < 4.78 is 7.40. The number of hydrogen-bond donors (Lipinski definition) is 2. The van der Waals surface area contributed by atoms with E-state index in [1.54, 1.807) is 11.6 Å². The number of carbonyl (C=O) groups excluding carboxylic acids is 1. The summed E-state index contributed by atoms with van der Waals surface area (Å²) in [5, 5.41) is 8.53. The zero-order valence-corrected chi connectivity index (χ0v) is 19.2. The zero-order chi connectivity index (χ0) is 23.1. The lowest BCUT2D eigenvalue weighted by Gasteiger charge is -2.30. The van der Waals surface area contributed by atoms with E-state index in [1.807, 2.05) is 29.4 Å². The third kappa shape index (κ3) is 3.72. The molecule has 1 saturated heterocycles. The molecule has 6 rings (SSSR count). The smallest absolute Gasteiger partial charge is 0.228 e. The van der Waals surface area contributed by atoms with Gasteiger partial charge in [0.25, 0.3) is 0 Å². The molecule has 0 unspecified atom stereocenters. The fourth-order valence-electron chi connectivity index (χ4n) is 5.28. The van der Waals surface area contributed by atoms with Crippen LogP contribution in [0.4, 0.5) is 5.95 Å². The van der Waals surface area contributed by atoms with Crippen molar-refractivity contribution in [2.45, 2.75) is 44.6 Å². The maximum Gasteiger partial charge on any atom is 0.228 e. The maximum absolute atomic E-state index is 12.7. The Kier molecular flexibility index (Phi) is 5.27. The largest absolute Gasteiger partial charge is 0.480 e. The lowest BCUT2D eigenvalue weighted by atomic mass is 9.85. The van der Waals surface area contributed by atoms with Crippen molar-refractivity contribution in [3.8, 4) is 17.0 Å². The molecule has 0 atom stereocenters. The van der Waals surface area contributed by atoms with Gasteiger partial charge in [-0.25, -0.2) is 9.50 Å². The Balaban J connectivity index is 1.20. The highest BCUT2D eigenvalue weighted by Gasteiger charge is 2.31. The summed E-state index contributed by atoms with van der Waals surface area (Å²) in [6.07, 6.45) is 11.3. The van der Waals surface area contributed by atoms with Gasteiger partial charge in [0.1, 0.15) is 12.0 Å². The van der Waals surface area contributed by atoms with Crippen molar-refractivity contribution in [3.63, 3.8) is 0 Å². The van der Waals surface area contributed by atoms with Crippen molar-refractivity contribution in [3.05, 3.63) is 30.9 Å². The van der Waals surface area contributed by atoms with Crippen LogP contribution in [0.15, 0.2) is 30.9 Å². The minimum atomic E-state index is 0.155. The van der Waals surface area contributed by atoms with Gasteiger partial charge in [0.15, 0.2) is 5.65 Å². The van der Waals surface area contributed by atoms with Crippen LogP contribution in [0.3, 0.4) is 0 Å². The van der Waals surface area contributed by atoms with Gasteiger partial charge in [-0.3, -0.25) is 4.79 Å². The first-order valence-electron chi connectivity index (χ1n) is 12.0. The monoisotopic (exact) mass is 460 g/mol. The number of ether oxygens (including phenoxy) is 1. The molecule has 176 valence electrons. The second kappa shape index (κ2) is 8.58. The summed E-state index contributed by atoms with van der Waals surface area (Å²) in [5.41, 5.74) is 3.40. The number of fused-ring (bicyclic) bond motifs is 2. The number of methoxy groups -OCH3 is 1. The van der Waals surface area contributed by atoms with E-state index >= 15 is 0 Å². The fraction of sp³-hybridized carbons (Fsp3) is 0.458. The van der Waals surface area contributed by atoms with Crippen LogP contribution in [0.2, 0.25) is 0 Å². The number of likely N-dealkylation sites (tertiary alicyclic amines) is 1. The van der Waals surface area contributed by atoms with E-state index in [4.69, 9.17) is 9.72 Å². The first-order chi connectivity index (χ1) is 16.7. The van der Waals surface area contributed by atoms with E-state index in [1.165, 1.54) is 6.33 Å². The van der Waals surface area contributed by atoms with Gasteiger partial charge in [0.2, 0.25) is 17.7 Å². The molecule has 34 heavy (non-hydrogen) atoms. The van der Waals surface area contributed by atoms with Gasteiger partial charge in [0.05, 0.1) is 12.5 Å². The summed E-state index contributed by atoms with van der Waals surface area (Å²) in [6, 6.07) is 4.17. The number of anilines is 1. The molecular formula is C24H28N8O2. The van der Waals surface area contributed by atoms with Crippen molar-refractivity contribution in [2.75, 3.05) is 25.5 Å². The van der Waals surface area contributed by atoms with Crippen LogP contribution in [-0.4, -0.2) is 66.6 Å². The number of amides is 1. The fourth-order valence-corrected chi connectivity index (χ4v) is 5.28. The van der Waals surface area contributed by atoms with Gasteiger partial charge in [-0.2, -0.15) is 15.1 Å². The molecule has 10 heteroatoms. The van der Waals surface area contributed by atoms with Gasteiger partial charge >= 0.3 is 0 Å². The summed E-state index contributed by atoms with van der Waals surface area (Å²) >= 11 is 0. The zero-order valence-electron chi connectivity index (χ0n) is 19.2. The van der Waals surface area contributed by atoms with Gasteiger partial charge in [-0.05, 0) is 50.7 Å². The average molecular weight is 461 g/mol. The predicted octanol–water partition coefficient (Wildman–Crippen LogP) is 3.27. The Hall–Kier alpha value is -3.69. The summed E-state index contributed by atoms with van der Waals surface area (Å²) in [7, 11) is 1.62. The minimum absolute atomic E-state index is 0.155. The summed E-state index contributed by atoms with van der Waals surface area (Å²) in [6.45, 7) is 1.85. The number of rotatable bonds is 5. The van der Waals surface area contributed by atoms with E-state index in [9.17, 15) is 4.79 Å². The van der Waals surface area contributed by atoms with Crippen LogP contribution < -0.4 is 10.1 Å². The molecule has 5 heterocycles. The van der Waals surface area contributed by atoms with Gasteiger partial charge < -0.3 is 19.9 Å². The highest BCUT2D eigenvalue weighted by atomic mass is 16.5. The molecule has 1 aliphatic heterocycles. The quantitative estimate of drug-likeness (QED) is 0.470. The third-order valence-corrected chi connectivity index (χ3v) is 7.10. The summed E-state index contributed by atoms with van der Waals surface area (Å²) in [5.74, 6) is 1.56. The van der Waals surface area contributed by atoms with Crippen LogP contribution in [0, 0.1) is 5.92 Å². The Morgan fingerprint density at radius 3 is 2.76 bits per heavy atom. The first-order valence-corrected chi connectivity index (χ1v) is 12.0. The van der Waals surface area contributed by atoms with Crippen molar-refractivity contribution in [1.82, 2.24) is 34.4 Å². The summed E-state index contributed by atoms with van der Waals surface area (Å²) in [4.78, 5) is 31.6. The molecule has 2 aliphatic rings. The molecule has 1 amide bonds. The Bertz CT molecular complexity index is 1330. The highest BCUT2D eigenvalue weighted by molar-refractivity contribution is 5.97. The molecule has 2 fully saturated rings. The number of pyridine rings is 1. The van der Waals surface area contributed by atoms with E-state index < -0.39 is 0 Å². The van der Waals surface area contributed by atoms with E-state index in [-0.39, 0.29) is 12.0 Å². The Morgan fingerprint density at radius 1 is 1.15 bits per heavy atom. The number of aromatic nitrogens is 6. The van der Waals surface area contributed by atoms with Crippen LogP contribution in [0.25, 0.3) is 27.8 Å². The molecule has 1 saturated carbocycles. The SMILES string of the molecule is COc1nc(NC2CCC(C(=O)N3CCCC3)CC2)nc2[nH]cc(-c3ccc4ncnn4c3)c12. The number of carbonyl (C=O) groups is 1. The Morgan fingerprint density at radius 2 is 1.97 bits per heavy atom. The van der Waals surface area contributed by atoms with Crippen molar-refractivity contribution >= 4 is 28.5 Å². The van der Waals surface area contributed by atoms with Crippen LogP contribution in [0.1, 0.15) is 38.5 Å². The van der Waals surface area contributed by atoms with Crippen molar-refractivity contribution in [2.24, 2.45) is 5.92 Å². The Labute approximate surface area is 196 Å². The minimum Gasteiger partial charge on any atom is -0.480 e. The second-order valence-corrected chi connectivity index (χ2v) is 9.19. The molecular weight excluding hydrogens is 432 g/mol. The molecule has 0 bridgehead atoms. The number of H-pyrrole nitrogens is 1. The molecule has 0 aromatic carbocycles. The van der Waals surface area contributed by atoms with Gasteiger partial charge in [0, 0.05) is 48.6 Å². The van der Waals surface area contributed by atoms with Crippen LogP contribution >= 0.6 is 0 Å². The van der Waals surface area contributed by atoms with Gasteiger partial charge in [-0.15, -0.1) is 0 Å². The molecule has 0 spiro atoms. The van der Waals surface area contributed by atoms with Crippen molar-refractivity contribution in [1.29, 1.82) is 0 Å². The second-order valence-electron chi connectivity index (χ2n) is 9.19. The molecule has 2 N–H and O–H groups in total. The topological polar surface area (TPSA) is 113 Å². The van der Waals surface area contributed by atoms with E-state index in [2.05, 4.69) is 25.4 Å². The predicted molar refractivity (Wildman–Crippen MR) is 128 cm³/mol. The molecule has 10 nitrogen and oxygen atoms in total. The molecule has 4 aromatic heterocycles. The molecule has 4 aromatic rings. The average Bonchev–Trinajstić information content (AvgIpc) is 3.64. The highest BCUT2D eigenvalue weighted by Crippen LogP contribution is 2.35. The van der Waals surface area contributed by atoms with Crippen molar-refractivity contribution < 1.29 is 9.53 Å². The van der Waals surface area contributed by atoms with E-state index in [0.29, 0.717) is 23.4 Å². The molecule has 0 radical (unpaired) electrons. The third-order valence-electron chi connectivity index (χ3n) is 7.10. The maximum atomic E-state index is 12.7. The van der Waals surface area contributed by atoms with Crippen LogP contribution in [-0.2, 0) is 4.79 Å². The number of aromatic amines is 1. The van der Waals surface area contributed by atoms with Gasteiger partial charge in [-0.1, -0.05) is 0 Å². The number of hydrogen-bond acceptors (Lipinski definition) is 7. The van der Waals surface area contributed by atoms with Crippen LogP contribution in [0.5, 0.6) is 5.88 Å². The standard InChI is InChI=1S/C24H28N8O2/c1-34-22-20-18(16-6-9-19-26-14-27-32(19)13-16)12-25-21(20)29-24(30-22)28-17-7-4-15(5-8-17)23(33)31-10-2-3-11-31/h6,9,12-15,17H,2-5,7-8,10-11H2,1H3,(H2,25,28,29,30). The van der Waals surface area contributed by atoms with E-state index in [0.717, 1.165) is 73.8 Å². The number of nitrogens with one attached hydrogen (secondary N) is 2. The lowest BCUT2D eigenvalue weighted by molar-refractivity contribution is -0.135. The number of nitrogens with zero attached hydrogens (tertiary/aromatic N) is 6. The first kappa shape index (κ1) is 20.9. The lowest BCUT2D eigenvalue weighted by Crippen LogP contribution is -2.37. The molecule has 1 aliphatic carbocycles. The normalized spacial score (nSPS) is 20.8.